The molecule has 0 bridgehead atoms. The first-order chi connectivity index (χ1) is 6.59. The third-order valence-electron chi connectivity index (χ3n) is 2.75. The van der Waals surface area contributed by atoms with E-state index in [1.54, 1.807) is 4.46 Å². The molecule has 1 aliphatic rings. The Hall–Kier alpha value is 0.229. The number of anilines is 1. The van der Waals surface area contributed by atoms with Crippen LogP contribution in [0.2, 0.25) is 0 Å². The second-order valence-corrected chi connectivity index (χ2v) is 6.44. The summed E-state index contributed by atoms with van der Waals surface area (Å²) in [6, 6.07) is 7.42. The van der Waals surface area contributed by atoms with Crippen LogP contribution in [0, 0.1) is 0 Å². The van der Waals surface area contributed by atoms with E-state index in [0.29, 0.717) is 21.2 Å². The van der Waals surface area contributed by atoms with Crippen molar-refractivity contribution in [2.24, 2.45) is 0 Å². The Morgan fingerprint density at radius 2 is 2.00 bits per heavy atom. The van der Waals surface area contributed by atoms with Gasteiger partial charge in [-0.15, -0.1) is 24.0 Å². The molecule has 0 saturated heterocycles. The van der Waals surface area contributed by atoms with Crippen molar-refractivity contribution in [2.75, 3.05) is 26.0 Å². The van der Waals surface area contributed by atoms with Gasteiger partial charge in [0.05, 0.1) is 0 Å². The van der Waals surface area contributed by atoms with E-state index in [-0.39, 0.29) is 24.0 Å². The Bertz CT molecular complexity index is 354. The van der Waals surface area contributed by atoms with Gasteiger partial charge in [0, 0.05) is 0 Å². The second kappa shape index (κ2) is 5.04. The van der Waals surface area contributed by atoms with Crippen molar-refractivity contribution < 1.29 is 0 Å². The molecule has 1 aromatic rings. The minimum Gasteiger partial charge on any atom is -0.107 e. The standard InChI is InChI=1S/C11H16N2Se.HI/c1-8-10-6-5-9(12(2)3)7-11(10)14-13(8)4;/h5-8H,1-4H3;1H. The molecular formula is C11H17IN2Se. The fourth-order valence-electron chi connectivity index (χ4n) is 1.66. The molecule has 0 fully saturated rings. The Morgan fingerprint density at radius 3 is 2.60 bits per heavy atom. The third-order valence-corrected chi connectivity index (χ3v) is 5.17. The van der Waals surface area contributed by atoms with Gasteiger partial charge >= 0.3 is 92.0 Å². The summed E-state index contributed by atoms with van der Waals surface area (Å²) >= 11 is 0.515. The number of halogens is 1. The van der Waals surface area contributed by atoms with Crippen LogP contribution in [0.1, 0.15) is 18.5 Å². The van der Waals surface area contributed by atoms with Gasteiger partial charge < -0.3 is 0 Å². The molecule has 0 N–H and O–H groups in total. The van der Waals surface area contributed by atoms with Crippen LogP contribution < -0.4 is 9.36 Å². The normalized spacial score (nSPS) is 19.6. The summed E-state index contributed by atoms with van der Waals surface area (Å²) in [5.74, 6) is 0. The quantitative estimate of drug-likeness (QED) is 0.538. The van der Waals surface area contributed by atoms with E-state index >= 15 is 0 Å². The van der Waals surface area contributed by atoms with Gasteiger partial charge in [-0.05, 0) is 0 Å². The van der Waals surface area contributed by atoms with Crippen molar-refractivity contribution >= 4 is 49.3 Å². The molecule has 0 spiro atoms. The largest absolute Gasteiger partial charge is 0.107 e. The smallest absolute Gasteiger partial charge is 0.107 e. The van der Waals surface area contributed by atoms with Crippen molar-refractivity contribution in [3.8, 4) is 0 Å². The average molecular weight is 383 g/mol. The van der Waals surface area contributed by atoms with Crippen molar-refractivity contribution in [1.82, 2.24) is 3.92 Å². The van der Waals surface area contributed by atoms with Gasteiger partial charge in [0.15, 0.2) is 0 Å². The van der Waals surface area contributed by atoms with Gasteiger partial charge in [-0.3, -0.25) is 0 Å². The SMILES string of the molecule is CC1c2ccc(N(C)C)cc2[Se]N1C.I. The van der Waals surface area contributed by atoms with Crippen LogP contribution in [0.4, 0.5) is 5.69 Å². The topological polar surface area (TPSA) is 6.48 Å². The fourth-order valence-corrected chi connectivity index (χ4v) is 3.96. The Kier molecular flexibility index (Phi) is 4.47. The van der Waals surface area contributed by atoms with Crippen LogP contribution in [0.5, 0.6) is 0 Å². The predicted octanol–water partition coefficient (Wildman–Crippen LogP) is 1.62. The van der Waals surface area contributed by atoms with E-state index < -0.39 is 0 Å². The number of rotatable bonds is 1. The van der Waals surface area contributed by atoms with Gasteiger partial charge in [0.1, 0.15) is 0 Å². The van der Waals surface area contributed by atoms with Crippen LogP contribution in [0.15, 0.2) is 18.2 Å². The van der Waals surface area contributed by atoms with E-state index in [2.05, 4.69) is 55.1 Å². The zero-order chi connectivity index (χ0) is 10.3. The molecule has 1 unspecified atom stereocenters. The molecule has 1 aliphatic heterocycles. The van der Waals surface area contributed by atoms with Crippen LogP contribution in [0.3, 0.4) is 0 Å². The molecule has 2 nitrogen and oxygen atoms in total. The van der Waals surface area contributed by atoms with E-state index in [9.17, 15) is 0 Å². The summed E-state index contributed by atoms with van der Waals surface area (Å²) in [6.45, 7) is 2.28. The molecule has 0 radical (unpaired) electrons. The second-order valence-electron chi connectivity index (χ2n) is 3.93. The molecule has 15 heavy (non-hydrogen) atoms. The first-order valence-corrected chi connectivity index (χ1v) is 6.44. The van der Waals surface area contributed by atoms with Gasteiger partial charge in [-0.1, -0.05) is 0 Å². The number of hydrogen-bond acceptors (Lipinski definition) is 2. The number of hydrogen-bond donors (Lipinski definition) is 0. The minimum atomic E-state index is 0. The summed E-state index contributed by atoms with van der Waals surface area (Å²) in [5, 5.41) is 0. The van der Waals surface area contributed by atoms with Gasteiger partial charge in [-0.25, -0.2) is 0 Å². The van der Waals surface area contributed by atoms with Crippen molar-refractivity contribution in [1.29, 1.82) is 0 Å². The molecule has 0 saturated carbocycles. The van der Waals surface area contributed by atoms with Crippen molar-refractivity contribution in [3.63, 3.8) is 0 Å². The number of nitrogens with zero attached hydrogens (tertiary/aromatic N) is 2. The summed E-state index contributed by atoms with van der Waals surface area (Å²) in [4.78, 5) is 2.17. The monoisotopic (exact) mass is 384 g/mol. The molecule has 0 amide bonds. The van der Waals surface area contributed by atoms with E-state index in [0.717, 1.165) is 0 Å². The predicted molar refractivity (Wildman–Crippen MR) is 77.8 cm³/mol. The molecule has 1 aromatic carbocycles. The van der Waals surface area contributed by atoms with Crippen molar-refractivity contribution in [2.45, 2.75) is 13.0 Å². The maximum Gasteiger partial charge on any atom is -0.107 e. The molecule has 0 aromatic heterocycles. The maximum absolute atomic E-state index is 2.44. The molecule has 4 heteroatoms. The van der Waals surface area contributed by atoms with E-state index in [1.165, 1.54) is 11.3 Å². The Labute approximate surface area is 115 Å². The van der Waals surface area contributed by atoms with E-state index in [1.807, 2.05) is 0 Å². The van der Waals surface area contributed by atoms with Gasteiger partial charge in [-0.2, -0.15) is 0 Å². The van der Waals surface area contributed by atoms with Gasteiger partial charge in [0.2, 0.25) is 0 Å². The Balaban J connectivity index is 0.00000112. The number of benzene rings is 1. The molecule has 2 rings (SSSR count). The summed E-state index contributed by atoms with van der Waals surface area (Å²) in [6.07, 6.45) is 0. The summed E-state index contributed by atoms with van der Waals surface area (Å²) in [7, 11) is 6.40. The molecule has 1 heterocycles. The van der Waals surface area contributed by atoms with E-state index in [4.69, 9.17) is 0 Å². The minimum absolute atomic E-state index is 0. The molecule has 1 atom stereocenters. The third kappa shape index (κ3) is 2.49. The summed E-state index contributed by atoms with van der Waals surface area (Å²) in [5.41, 5.74) is 2.83. The molecule has 84 valence electrons. The van der Waals surface area contributed by atoms with Crippen LogP contribution in [-0.2, 0) is 0 Å². The summed E-state index contributed by atoms with van der Waals surface area (Å²) < 4.78 is 3.98. The number of fused-ring (bicyclic) bond motifs is 1. The van der Waals surface area contributed by atoms with Crippen LogP contribution in [-0.4, -0.2) is 40.2 Å². The zero-order valence-corrected chi connectivity index (χ0v) is 13.6. The van der Waals surface area contributed by atoms with Crippen molar-refractivity contribution in [3.05, 3.63) is 23.8 Å². The average Bonchev–Trinajstić information content (AvgIpc) is 2.42. The maximum atomic E-state index is 2.44. The van der Waals surface area contributed by atoms with Crippen LogP contribution >= 0.6 is 24.0 Å². The fraction of sp³-hybridized carbons (Fsp3) is 0.455. The van der Waals surface area contributed by atoms with Crippen LogP contribution in [0.25, 0.3) is 0 Å². The first kappa shape index (κ1) is 13.3. The molecule has 0 aliphatic carbocycles. The first-order valence-electron chi connectivity index (χ1n) is 4.81. The zero-order valence-electron chi connectivity index (χ0n) is 9.52. The Morgan fingerprint density at radius 1 is 1.33 bits per heavy atom. The molecular weight excluding hydrogens is 366 g/mol. The van der Waals surface area contributed by atoms with Gasteiger partial charge in [0.25, 0.3) is 0 Å².